The zero-order valence-corrected chi connectivity index (χ0v) is 15.7. The van der Waals surface area contributed by atoms with Crippen LogP contribution in [0.15, 0.2) is 52.2 Å². The van der Waals surface area contributed by atoms with Crippen LogP contribution in [0.25, 0.3) is 0 Å². The number of fused-ring (bicyclic) bond motifs is 1. The second-order valence-electron chi connectivity index (χ2n) is 6.71. The van der Waals surface area contributed by atoms with Gasteiger partial charge in [0, 0.05) is 35.9 Å². The second kappa shape index (κ2) is 6.33. The van der Waals surface area contributed by atoms with Crippen LogP contribution in [0.2, 0.25) is 0 Å². The van der Waals surface area contributed by atoms with Gasteiger partial charge in [0.1, 0.15) is 11.9 Å². The Kier molecular flexibility index (Phi) is 4.15. The number of rotatable bonds is 3. The SMILES string of the molecule is CN=C(N)NC1(C2CC2)CC(c2ccncc2)Oc2ccc(Br)cc21. The molecule has 0 saturated heterocycles. The first-order valence-electron chi connectivity index (χ1n) is 8.49. The Balaban J connectivity index is 1.83. The summed E-state index contributed by atoms with van der Waals surface area (Å²) in [4.78, 5) is 8.28. The molecule has 130 valence electrons. The molecule has 6 heteroatoms. The van der Waals surface area contributed by atoms with Crippen molar-refractivity contribution in [3.8, 4) is 5.75 Å². The lowest BCUT2D eigenvalue weighted by atomic mass is 9.76. The van der Waals surface area contributed by atoms with Gasteiger partial charge in [-0.1, -0.05) is 15.9 Å². The van der Waals surface area contributed by atoms with Gasteiger partial charge in [-0.25, -0.2) is 0 Å². The lowest BCUT2D eigenvalue weighted by molar-refractivity contribution is 0.102. The first kappa shape index (κ1) is 16.4. The molecule has 2 heterocycles. The van der Waals surface area contributed by atoms with Crippen molar-refractivity contribution in [3.05, 3.63) is 58.3 Å². The number of nitrogens with two attached hydrogens (primary N) is 1. The summed E-state index contributed by atoms with van der Waals surface area (Å²) in [5.41, 5.74) is 8.12. The first-order chi connectivity index (χ1) is 12.1. The average Bonchev–Trinajstić information content (AvgIpc) is 3.48. The summed E-state index contributed by atoms with van der Waals surface area (Å²) in [6.45, 7) is 0. The van der Waals surface area contributed by atoms with Crippen molar-refractivity contribution < 1.29 is 4.74 Å². The molecule has 3 N–H and O–H groups in total. The monoisotopic (exact) mass is 400 g/mol. The summed E-state index contributed by atoms with van der Waals surface area (Å²) in [7, 11) is 1.71. The zero-order valence-electron chi connectivity index (χ0n) is 14.1. The fraction of sp³-hybridized carbons (Fsp3) is 0.368. The van der Waals surface area contributed by atoms with Crippen LogP contribution < -0.4 is 15.8 Å². The van der Waals surface area contributed by atoms with Gasteiger partial charge in [0.15, 0.2) is 5.96 Å². The molecule has 1 aliphatic heterocycles. The van der Waals surface area contributed by atoms with Crippen LogP contribution >= 0.6 is 15.9 Å². The van der Waals surface area contributed by atoms with E-state index in [9.17, 15) is 0 Å². The van der Waals surface area contributed by atoms with Crippen molar-refractivity contribution in [1.29, 1.82) is 0 Å². The van der Waals surface area contributed by atoms with Crippen molar-refractivity contribution in [1.82, 2.24) is 10.3 Å². The van der Waals surface area contributed by atoms with E-state index >= 15 is 0 Å². The highest BCUT2D eigenvalue weighted by Gasteiger charge is 2.52. The Morgan fingerprint density at radius 3 is 2.76 bits per heavy atom. The van der Waals surface area contributed by atoms with Gasteiger partial charge >= 0.3 is 0 Å². The molecule has 2 aliphatic rings. The van der Waals surface area contributed by atoms with E-state index in [1.54, 1.807) is 7.05 Å². The molecule has 2 atom stereocenters. The molecule has 5 nitrogen and oxygen atoms in total. The molecule has 25 heavy (non-hydrogen) atoms. The molecule has 0 spiro atoms. The number of guanidine groups is 1. The van der Waals surface area contributed by atoms with Crippen LogP contribution in [0.3, 0.4) is 0 Å². The van der Waals surface area contributed by atoms with Crippen LogP contribution in [0.4, 0.5) is 0 Å². The Bertz CT molecular complexity index is 806. The molecule has 1 aromatic heterocycles. The Morgan fingerprint density at radius 2 is 2.08 bits per heavy atom. The van der Waals surface area contributed by atoms with Crippen LogP contribution in [-0.4, -0.2) is 18.0 Å². The number of hydrogen-bond donors (Lipinski definition) is 2. The smallest absolute Gasteiger partial charge is 0.189 e. The Labute approximate surface area is 155 Å². The Morgan fingerprint density at radius 1 is 1.32 bits per heavy atom. The maximum Gasteiger partial charge on any atom is 0.189 e. The van der Waals surface area contributed by atoms with Gasteiger partial charge in [-0.2, -0.15) is 0 Å². The summed E-state index contributed by atoms with van der Waals surface area (Å²) in [6.07, 6.45) is 6.74. The van der Waals surface area contributed by atoms with Crippen molar-refractivity contribution in [3.63, 3.8) is 0 Å². The third kappa shape index (κ3) is 2.99. The van der Waals surface area contributed by atoms with E-state index in [1.165, 1.54) is 12.8 Å². The number of nitrogens with zero attached hydrogens (tertiary/aromatic N) is 2. The number of aliphatic imine (C=N–C) groups is 1. The lowest BCUT2D eigenvalue weighted by Gasteiger charge is -2.44. The average molecular weight is 401 g/mol. The standard InChI is InChI=1S/C19H21BrN4O/c1-22-18(21)24-19(13-2-3-13)11-17(12-6-8-23-9-7-12)25-16-5-4-14(20)10-15(16)19/h4-10,13,17H,2-3,11H2,1H3,(H3,21,22,24). The molecule has 2 unspecified atom stereocenters. The van der Waals surface area contributed by atoms with Crippen LogP contribution in [0, 0.1) is 5.92 Å². The fourth-order valence-electron chi connectivity index (χ4n) is 3.78. The second-order valence-corrected chi connectivity index (χ2v) is 7.63. The van der Waals surface area contributed by atoms with E-state index in [0.29, 0.717) is 11.9 Å². The van der Waals surface area contributed by atoms with E-state index in [1.807, 2.05) is 36.7 Å². The van der Waals surface area contributed by atoms with E-state index in [-0.39, 0.29) is 11.6 Å². The van der Waals surface area contributed by atoms with Crippen molar-refractivity contribution >= 4 is 21.9 Å². The number of aromatic nitrogens is 1. The minimum Gasteiger partial charge on any atom is -0.485 e. The van der Waals surface area contributed by atoms with E-state index < -0.39 is 0 Å². The summed E-state index contributed by atoms with van der Waals surface area (Å²) in [5, 5.41) is 3.54. The predicted molar refractivity (Wildman–Crippen MR) is 101 cm³/mol. The molecule has 4 rings (SSSR count). The molecule has 2 aromatic rings. The molecule has 0 amide bonds. The number of nitrogens with one attached hydrogen (secondary N) is 1. The number of halogens is 1. The van der Waals surface area contributed by atoms with Gasteiger partial charge in [-0.05, 0) is 54.7 Å². The van der Waals surface area contributed by atoms with Crippen molar-refractivity contribution in [2.45, 2.75) is 30.9 Å². The highest BCUT2D eigenvalue weighted by molar-refractivity contribution is 9.10. The quantitative estimate of drug-likeness (QED) is 0.610. The zero-order chi connectivity index (χ0) is 17.4. The van der Waals surface area contributed by atoms with Gasteiger partial charge in [-0.3, -0.25) is 9.98 Å². The fourth-order valence-corrected chi connectivity index (χ4v) is 4.14. The van der Waals surface area contributed by atoms with Gasteiger partial charge in [-0.15, -0.1) is 0 Å². The van der Waals surface area contributed by atoms with E-state index in [4.69, 9.17) is 10.5 Å². The van der Waals surface area contributed by atoms with Gasteiger partial charge in [0.05, 0.1) is 5.54 Å². The third-order valence-electron chi connectivity index (χ3n) is 5.14. The number of pyridine rings is 1. The molecule has 0 bridgehead atoms. The molecule has 1 aliphatic carbocycles. The number of benzene rings is 1. The summed E-state index contributed by atoms with van der Waals surface area (Å²) >= 11 is 3.60. The molecule has 1 saturated carbocycles. The Hall–Kier alpha value is -2.08. The van der Waals surface area contributed by atoms with Crippen molar-refractivity contribution in [2.75, 3.05) is 7.05 Å². The maximum absolute atomic E-state index is 6.35. The normalized spacial score (nSPS) is 25.8. The number of hydrogen-bond acceptors (Lipinski definition) is 3. The minimum atomic E-state index is -0.269. The molecule has 0 radical (unpaired) electrons. The molecular formula is C19H21BrN4O. The van der Waals surface area contributed by atoms with E-state index in [2.05, 4.69) is 37.3 Å². The van der Waals surface area contributed by atoms with Crippen LogP contribution in [0.1, 0.15) is 36.5 Å². The number of ether oxygens (including phenoxy) is 1. The molecule has 1 aromatic carbocycles. The summed E-state index contributed by atoms with van der Waals surface area (Å²) < 4.78 is 7.39. The van der Waals surface area contributed by atoms with Gasteiger partial charge < -0.3 is 15.8 Å². The highest BCUT2D eigenvalue weighted by Crippen LogP contribution is 2.55. The summed E-state index contributed by atoms with van der Waals surface area (Å²) in [5.74, 6) is 1.89. The van der Waals surface area contributed by atoms with Gasteiger partial charge in [0.2, 0.25) is 0 Å². The molecule has 1 fully saturated rings. The third-order valence-corrected chi connectivity index (χ3v) is 5.64. The minimum absolute atomic E-state index is 0.0468. The van der Waals surface area contributed by atoms with Gasteiger partial charge in [0.25, 0.3) is 0 Å². The van der Waals surface area contributed by atoms with Crippen LogP contribution in [0.5, 0.6) is 5.75 Å². The van der Waals surface area contributed by atoms with E-state index in [0.717, 1.165) is 27.8 Å². The molecular weight excluding hydrogens is 380 g/mol. The maximum atomic E-state index is 6.35. The predicted octanol–water partition coefficient (Wildman–Crippen LogP) is 3.51. The largest absolute Gasteiger partial charge is 0.485 e. The topological polar surface area (TPSA) is 72.5 Å². The highest BCUT2D eigenvalue weighted by atomic mass is 79.9. The lowest BCUT2D eigenvalue weighted by Crippen LogP contribution is -2.53. The van der Waals surface area contributed by atoms with Crippen molar-refractivity contribution in [2.24, 2.45) is 16.6 Å². The first-order valence-corrected chi connectivity index (χ1v) is 9.29. The summed E-state index contributed by atoms with van der Waals surface area (Å²) in [6, 6.07) is 10.2. The van der Waals surface area contributed by atoms with Crippen LogP contribution in [-0.2, 0) is 5.54 Å².